The summed E-state index contributed by atoms with van der Waals surface area (Å²) in [6.45, 7) is 2.32. The van der Waals surface area contributed by atoms with Gasteiger partial charge in [-0.1, -0.05) is 11.6 Å². The second kappa shape index (κ2) is 5.95. The number of carbonyl (C=O) groups is 1. The van der Waals surface area contributed by atoms with Crippen molar-refractivity contribution in [1.29, 1.82) is 0 Å². The third-order valence-corrected chi connectivity index (χ3v) is 4.71. The quantitative estimate of drug-likeness (QED) is 0.903. The molecule has 21 heavy (non-hydrogen) atoms. The molecule has 1 aromatic carbocycles. The van der Waals surface area contributed by atoms with E-state index in [0.717, 1.165) is 19.6 Å². The van der Waals surface area contributed by atoms with Crippen molar-refractivity contribution in [1.82, 2.24) is 9.80 Å². The topological polar surface area (TPSA) is 43.8 Å². The van der Waals surface area contributed by atoms with E-state index in [0.29, 0.717) is 16.5 Å². The predicted molar refractivity (Wildman–Crippen MR) is 82.5 cm³/mol. The van der Waals surface area contributed by atoms with Gasteiger partial charge in [0, 0.05) is 43.3 Å². The summed E-state index contributed by atoms with van der Waals surface area (Å²) < 4.78 is 0. The standard InChI is InChI=1S/C16H21ClN2O2/c1-18(16(21)12-4-6-13(17)7-5-12)15(11-2-3-11)10-19-8-14(20)9-19/h4-7,11,14-15,20H,2-3,8-10H2,1H3/t15-/m1/s1. The van der Waals surface area contributed by atoms with Crippen molar-refractivity contribution < 1.29 is 9.90 Å². The Kier molecular flexibility index (Phi) is 4.20. The number of aliphatic hydroxyl groups excluding tert-OH is 1. The highest BCUT2D eigenvalue weighted by atomic mass is 35.5. The number of halogens is 1. The van der Waals surface area contributed by atoms with Crippen LogP contribution in [0.4, 0.5) is 0 Å². The summed E-state index contributed by atoms with van der Waals surface area (Å²) in [5.41, 5.74) is 0.677. The smallest absolute Gasteiger partial charge is 0.253 e. The number of aliphatic hydroxyl groups is 1. The van der Waals surface area contributed by atoms with Gasteiger partial charge in [0.15, 0.2) is 0 Å². The third kappa shape index (κ3) is 3.39. The molecule has 0 spiro atoms. The molecule has 0 bridgehead atoms. The van der Waals surface area contributed by atoms with E-state index in [1.807, 2.05) is 11.9 Å². The minimum Gasteiger partial charge on any atom is -0.390 e. The Morgan fingerprint density at radius 1 is 1.38 bits per heavy atom. The number of β-amino-alcohol motifs (C(OH)–C–C–N with tert-alkyl or cyclic N) is 1. The lowest BCUT2D eigenvalue weighted by Crippen LogP contribution is -2.56. The van der Waals surface area contributed by atoms with E-state index in [4.69, 9.17) is 11.6 Å². The molecule has 1 amide bonds. The molecule has 2 fully saturated rings. The van der Waals surface area contributed by atoms with Crippen LogP contribution in [0.3, 0.4) is 0 Å². The average molecular weight is 309 g/mol. The Morgan fingerprint density at radius 2 is 2.00 bits per heavy atom. The first-order valence-electron chi connectivity index (χ1n) is 7.47. The Hall–Kier alpha value is -1.10. The van der Waals surface area contributed by atoms with Gasteiger partial charge in [-0.05, 0) is 43.0 Å². The van der Waals surface area contributed by atoms with Gasteiger partial charge in [0.2, 0.25) is 0 Å². The van der Waals surface area contributed by atoms with E-state index in [1.54, 1.807) is 24.3 Å². The molecule has 1 aromatic rings. The molecule has 1 saturated heterocycles. The highest BCUT2D eigenvalue weighted by Crippen LogP contribution is 2.36. The highest BCUT2D eigenvalue weighted by molar-refractivity contribution is 6.30. The minimum absolute atomic E-state index is 0.0460. The van der Waals surface area contributed by atoms with Crippen LogP contribution in [-0.2, 0) is 0 Å². The van der Waals surface area contributed by atoms with Crippen LogP contribution in [0, 0.1) is 5.92 Å². The van der Waals surface area contributed by atoms with Crippen LogP contribution >= 0.6 is 11.6 Å². The number of hydrogen-bond acceptors (Lipinski definition) is 3. The number of benzene rings is 1. The van der Waals surface area contributed by atoms with E-state index >= 15 is 0 Å². The number of amides is 1. The van der Waals surface area contributed by atoms with Crippen LogP contribution in [0.15, 0.2) is 24.3 Å². The normalized spacial score (nSPS) is 20.9. The number of nitrogens with zero attached hydrogens (tertiary/aromatic N) is 2. The molecule has 0 unspecified atom stereocenters. The first-order chi connectivity index (χ1) is 10.0. The van der Waals surface area contributed by atoms with Crippen LogP contribution in [0.1, 0.15) is 23.2 Å². The molecule has 1 aliphatic heterocycles. The van der Waals surface area contributed by atoms with E-state index < -0.39 is 0 Å². The number of hydrogen-bond donors (Lipinski definition) is 1. The fourth-order valence-corrected chi connectivity index (χ4v) is 3.10. The monoisotopic (exact) mass is 308 g/mol. The van der Waals surface area contributed by atoms with Gasteiger partial charge in [0.25, 0.3) is 5.91 Å². The van der Waals surface area contributed by atoms with Crippen molar-refractivity contribution >= 4 is 17.5 Å². The zero-order chi connectivity index (χ0) is 15.0. The Balaban J connectivity index is 1.66. The molecular weight excluding hydrogens is 288 g/mol. The molecular formula is C16H21ClN2O2. The summed E-state index contributed by atoms with van der Waals surface area (Å²) in [7, 11) is 1.89. The summed E-state index contributed by atoms with van der Waals surface area (Å²) >= 11 is 5.87. The third-order valence-electron chi connectivity index (χ3n) is 4.46. The van der Waals surface area contributed by atoms with Crippen LogP contribution in [0.2, 0.25) is 5.02 Å². The van der Waals surface area contributed by atoms with Gasteiger partial charge in [-0.15, -0.1) is 0 Å². The maximum atomic E-state index is 12.6. The van der Waals surface area contributed by atoms with Crippen molar-refractivity contribution in [2.75, 3.05) is 26.7 Å². The zero-order valence-electron chi connectivity index (χ0n) is 12.2. The summed E-state index contributed by atoms with van der Waals surface area (Å²) in [4.78, 5) is 16.7. The maximum absolute atomic E-state index is 12.6. The van der Waals surface area contributed by atoms with Crippen LogP contribution in [-0.4, -0.2) is 59.6 Å². The van der Waals surface area contributed by atoms with E-state index in [1.165, 1.54) is 12.8 Å². The summed E-state index contributed by atoms with van der Waals surface area (Å²) in [6, 6.07) is 7.29. The summed E-state index contributed by atoms with van der Waals surface area (Å²) in [5.74, 6) is 0.647. The number of likely N-dealkylation sites (N-methyl/N-ethyl adjacent to an activating group) is 1. The first kappa shape index (κ1) is 14.8. The highest BCUT2D eigenvalue weighted by Gasteiger charge is 2.39. The second-order valence-corrected chi connectivity index (χ2v) is 6.64. The molecule has 1 heterocycles. The van der Waals surface area contributed by atoms with Gasteiger partial charge in [0.05, 0.1) is 6.10 Å². The lowest BCUT2D eigenvalue weighted by molar-refractivity contribution is -0.0127. The number of carbonyl (C=O) groups excluding carboxylic acids is 1. The second-order valence-electron chi connectivity index (χ2n) is 6.20. The number of likely N-dealkylation sites (tertiary alicyclic amines) is 1. The predicted octanol–water partition coefficient (Wildman–Crippen LogP) is 1.87. The summed E-state index contributed by atoms with van der Waals surface area (Å²) in [6.07, 6.45) is 2.20. The number of rotatable bonds is 5. The van der Waals surface area contributed by atoms with E-state index in [9.17, 15) is 9.90 Å². The maximum Gasteiger partial charge on any atom is 0.253 e. The largest absolute Gasteiger partial charge is 0.390 e. The van der Waals surface area contributed by atoms with Gasteiger partial charge >= 0.3 is 0 Å². The van der Waals surface area contributed by atoms with Crippen molar-refractivity contribution in [2.24, 2.45) is 5.92 Å². The molecule has 2 aliphatic rings. The molecule has 3 rings (SSSR count). The average Bonchev–Trinajstić information content (AvgIpc) is 3.26. The molecule has 0 aromatic heterocycles. The van der Waals surface area contributed by atoms with Crippen LogP contribution in [0.5, 0.6) is 0 Å². The minimum atomic E-state index is -0.192. The van der Waals surface area contributed by atoms with Crippen molar-refractivity contribution in [3.05, 3.63) is 34.9 Å². The molecule has 5 heteroatoms. The van der Waals surface area contributed by atoms with Crippen LogP contribution < -0.4 is 0 Å². The molecule has 0 radical (unpaired) electrons. The van der Waals surface area contributed by atoms with Crippen LogP contribution in [0.25, 0.3) is 0 Å². The SMILES string of the molecule is CN(C(=O)c1ccc(Cl)cc1)[C@H](CN1CC(O)C1)C1CC1. The fraction of sp³-hybridized carbons (Fsp3) is 0.562. The molecule has 1 aliphatic carbocycles. The fourth-order valence-electron chi connectivity index (χ4n) is 2.97. The first-order valence-corrected chi connectivity index (χ1v) is 7.85. The Morgan fingerprint density at radius 3 is 2.52 bits per heavy atom. The van der Waals surface area contributed by atoms with Gasteiger partial charge in [-0.25, -0.2) is 0 Å². The lowest BCUT2D eigenvalue weighted by atomic mass is 10.1. The molecule has 1 N–H and O–H groups in total. The summed E-state index contributed by atoms with van der Waals surface area (Å²) in [5, 5.41) is 10.0. The zero-order valence-corrected chi connectivity index (χ0v) is 13.0. The Labute approximate surface area is 130 Å². The molecule has 4 nitrogen and oxygen atoms in total. The van der Waals surface area contributed by atoms with Crippen molar-refractivity contribution in [3.63, 3.8) is 0 Å². The van der Waals surface area contributed by atoms with E-state index in [-0.39, 0.29) is 18.1 Å². The molecule has 1 saturated carbocycles. The van der Waals surface area contributed by atoms with Crippen molar-refractivity contribution in [2.45, 2.75) is 25.0 Å². The Bertz CT molecular complexity index is 510. The molecule has 1 atom stereocenters. The van der Waals surface area contributed by atoms with E-state index in [2.05, 4.69) is 4.90 Å². The van der Waals surface area contributed by atoms with Gasteiger partial charge in [0.1, 0.15) is 0 Å². The molecule has 114 valence electrons. The van der Waals surface area contributed by atoms with Gasteiger partial charge in [-0.3, -0.25) is 9.69 Å². The van der Waals surface area contributed by atoms with Crippen molar-refractivity contribution in [3.8, 4) is 0 Å². The lowest BCUT2D eigenvalue weighted by Gasteiger charge is -2.40. The van der Waals surface area contributed by atoms with Gasteiger partial charge in [-0.2, -0.15) is 0 Å². The van der Waals surface area contributed by atoms with Gasteiger partial charge < -0.3 is 10.0 Å².